The minimum Gasteiger partial charge on any atom is -0.356 e. The van der Waals surface area contributed by atoms with Gasteiger partial charge in [-0.15, -0.1) is 0 Å². The Morgan fingerprint density at radius 2 is 1.89 bits per heavy atom. The summed E-state index contributed by atoms with van der Waals surface area (Å²) in [7, 11) is 0. The number of fused-ring (bicyclic) bond motifs is 1. The van der Waals surface area contributed by atoms with Crippen LogP contribution in [-0.2, 0) is 6.54 Å². The summed E-state index contributed by atoms with van der Waals surface area (Å²) in [6.45, 7) is 10.6. The Morgan fingerprint density at radius 1 is 1.17 bits per heavy atom. The smallest absolute Gasteiger partial charge is 0.203 e. The standard InChI is InChI=1S/C15H23N3/c1-5-7-8-18-14-10-12(4)11(3)9-13(14)17-15(18)16-6-2/h9-10H,5-8H2,1-4H3,(H,16,17). The average Bonchev–Trinajstić information content (AvgIpc) is 2.65. The van der Waals surface area contributed by atoms with Crippen molar-refractivity contribution >= 4 is 17.0 Å². The van der Waals surface area contributed by atoms with Crippen molar-refractivity contribution in [1.29, 1.82) is 0 Å². The van der Waals surface area contributed by atoms with E-state index in [0.29, 0.717) is 0 Å². The molecule has 0 fully saturated rings. The fraction of sp³-hybridized carbons (Fsp3) is 0.533. The van der Waals surface area contributed by atoms with Gasteiger partial charge < -0.3 is 9.88 Å². The molecule has 0 saturated heterocycles. The van der Waals surface area contributed by atoms with E-state index in [2.05, 4.69) is 49.7 Å². The van der Waals surface area contributed by atoms with Gasteiger partial charge in [0.05, 0.1) is 11.0 Å². The van der Waals surface area contributed by atoms with Crippen molar-refractivity contribution in [3.8, 4) is 0 Å². The lowest BCUT2D eigenvalue weighted by molar-refractivity contribution is 0.649. The molecule has 18 heavy (non-hydrogen) atoms. The molecule has 0 unspecified atom stereocenters. The summed E-state index contributed by atoms with van der Waals surface area (Å²) in [5.41, 5.74) is 5.00. The molecule has 0 radical (unpaired) electrons. The van der Waals surface area contributed by atoms with Gasteiger partial charge in [-0.2, -0.15) is 0 Å². The summed E-state index contributed by atoms with van der Waals surface area (Å²) in [5.74, 6) is 1.01. The molecule has 0 saturated carbocycles. The van der Waals surface area contributed by atoms with Crippen molar-refractivity contribution < 1.29 is 0 Å². The van der Waals surface area contributed by atoms with Crippen LogP contribution in [0.4, 0.5) is 5.95 Å². The van der Waals surface area contributed by atoms with Crippen LogP contribution in [0.3, 0.4) is 0 Å². The van der Waals surface area contributed by atoms with Gasteiger partial charge in [0.1, 0.15) is 0 Å². The molecule has 2 aromatic rings. The third-order valence-electron chi connectivity index (χ3n) is 3.43. The molecule has 0 aliphatic heterocycles. The molecule has 0 aliphatic rings. The van der Waals surface area contributed by atoms with Crippen molar-refractivity contribution in [2.75, 3.05) is 11.9 Å². The molecule has 98 valence electrons. The molecule has 1 aromatic heterocycles. The van der Waals surface area contributed by atoms with Gasteiger partial charge in [-0.1, -0.05) is 13.3 Å². The van der Waals surface area contributed by atoms with Crippen LogP contribution in [0.5, 0.6) is 0 Å². The molecule has 0 spiro atoms. The van der Waals surface area contributed by atoms with Crippen LogP contribution in [0, 0.1) is 13.8 Å². The topological polar surface area (TPSA) is 29.9 Å². The first-order valence-electron chi connectivity index (χ1n) is 6.88. The Morgan fingerprint density at radius 3 is 2.56 bits per heavy atom. The minimum absolute atomic E-state index is 0.910. The molecule has 1 aromatic carbocycles. The molecule has 0 aliphatic carbocycles. The van der Waals surface area contributed by atoms with Gasteiger partial charge in [-0.25, -0.2) is 4.98 Å². The molecule has 3 heteroatoms. The second kappa shape index (κ2) is 5.42. The van der Waals surface area contributed by atoms with Crippen LogP contribution in [0.15, 0.2) is 12.1 Å². The fourth-order valence-electron chi connectivity index (χ4n) is 2.22. The van der Waals surface area contributed by atoms with Gasteiger partial charge in [-0.3, -0.25) is 0 Å². The van der Waals surface area contributed by atoms with Crippen LogP contribution in [0.25, 0.3) is 11.0 Å². The lowest BCUT2D eigenvalue weighted by Gasteiger charge is -2.09. The molecule has 0 amide bonds. The Labute approximate surface area is 109 Å². The van der Waals surface area contributed by atoms with E-state index in [1.54, 1.807) is 0 Å². The minimum atomic E-state index is 0.910. The maximum Gasteiger partial charge on any atom is 0.203 e. The number of imidazole rings is 1. The normalized spacial score (nSPS) is 11.1. The zero-order chi connectivity index (χ0) is 13.1. The first kappa shape index (κ1) is 12.9. The third-order valence-corrected chi connectivity index (χ3v) is 3.43. The van der Waals surface area contributed by atoms with E-state index in [9.17, 15) is 0 Å². The monoisotopic (exact) mass is 245 g/mol. The molecule has 1 N–H and O–H groups in total. The van der Waals surface area contributed by atoms with E-state index >= 15 is 0 Å². The summed E-state index contributed by atoms with van der Waals surface area (Å²) in [4.78, 5) is 4.71. The van der Waals surface area contributed by atoms with Crippen molar-refractivity contribution in [2.45, 2.75) is 47.1 Å². The summed E-state index contributed by atoms with van der Waals surface area (Å²) in [6, 6.07) is 4.45. The van der Waals surface area contributed by atoms with Crippen molar-refractivity contribution in [1.82, 2.24) is 9.55 Å². The summed E-state index contributed by atoms with van der Waals surface area (Å²) < 4.78 is 2.31. The average molecular weight is 245 g/mol. The Hall–Kier alpha value is -1.51. The predicted octanol–water partition coefficient (Wildman–Crippen LogP) is 3.89. The highest BCUT2D eigenvalue weighted by Gasteiger charge is 2.10. The Balaban J connectivity index is 2.53. The number of hydrogen-bond donors (Lipinski definition) is 1. The van der Waals surface area contributed by atoms with E-state index in [1.807, 2.05) is 0 Å². The van der Waals surface area contributed by atoms with Crippen molar-refractivity contribution in [3.05, 3.63) is 23.3 Å². The molecule has 3 nitrogen and oxygen atoms in total. The molecular formula is C15H23N3. The Bertz CT molecular complexity index is 540. The van der Waals surface area contributed by atoms with Gasteiger partial charge in [0.15, 0.2) is 0 Å². The largest absolute Gasteiger partial charge is 0.356 e. The number of hydrogen-bond acceptors (Lipinski definition) is 2. The maximum atomic E-state index is 4.71. The van der Waals surface area contributed by atoms with Crippen LogP contribution in [0.2, 0.25) is 0 Å². The van der Waals surface area contributed by atoms with Gasteiger partial charge in [0.25, 0.3) is 0 Å². The van der Waals surface area contributed by atoms with E-state index in [-0.39, 0.29) is 0 Å². The van der Waals surface area contributed by atoms with E-state index in [0.717, 1.165) is 24.6 Å². The number of rotatable bonds is 5. The SMILES string of the molecule is CCCCn1c(NCC)nc2cc(C)c(C)cc21. The van der Waals surface area contributed by atoms with Gasteiger partial charge in [0, 0.05) is 13.1 Å². The predicted molar refractivity (Wildman–Crippen MR) is 78.3 cm³/mol. The molecule has 1 heterocycles. The second-order valence-electron chi connectivity index (χ2n) is 4.90. The second-order valence-corrected chi connectivity index (χ2v) is 4.90. The molecule has 2 rings (SSSR count). The quantitative estimate of drug-likeness (QED) is 0.866. The van der Waals surface area contributed by atoms with E-state index in [4.69, 9.17) is 4.98 Å². The van der Waals surface area contributed by atoms with Crippen LogP contribution in [-0.4, -0.2) is 16.1 Å². The fourth-order valence-corrected chi connectivity index (χ4v) is 2.22. The van der Waals surface area contributed by atoms with Crippen molar-refractivity contribution in [2.24, 2.45) is 0 Å². The van der Waals surface area contributed by atoms with E-state index in [1.165, 1.54) is 29.5 Å². The molecule has 0 atom stereocenters. The number of benzene rings is 1. The molecular weight excluding hydrogens is 222 g/mol. The first-order chi connectivity index (χ1) is 8.67. The zero-order valence-corrected chi connectivity index (χ0v) is 11.9. The maximum absolute atomic E-state index is 4.71. The number of unbranched alkanes of at least 4 members (excludes halogenated alkanes) is 1. The number of nitrogens with one attached hydrogen (secondary N) is 1. The third kappa shape index (κ3) is 2.35. The van der Waals surface area contributed by atoms with Crippen LogP contribution >= 0.6 is 0 Å². The van der Waals surface area contributed by atoms with Gasteiger partial charge in [0.2, 0.25) is 5.95 Å². The number of nitrogens with zero attached hydrogens (tertiary/aromatic N) is 2. The highest BCUT2D eigenvalue weighted by Crippen LogP contribution is 2.23. The number of aromatic nitrogens is 2. The summed E-state index contributed by atoms with van der Waals surface area (Å²) in [6.07, 6.45) is 2.40. The van der Waals surface area contributed by atoms with E-state index < -0.39 is 0 Å². The van der Waals surface area contributed by atoms with Gasteiger partial charge in [-0.05, 0) is 50.5 Å². The summed E-state index contributed by atoms with van der Waals surface area (Å²) >= 11 is 0. The lowest BCUT2D eigenvalue weighted by Crippen LogP contribution is -2.07. The highest BCUT2D eigenvalue weighted by atomic mass is 15.2. The number of aryl methyl sites for hydroxylation is 3. The number of anilines is 1. The highest BCUT2D eigenvalue weighted by molar-refractivity contribution is 5.80. The van der Waals surface area contributed by atoms with Crippen molar-refractivity contribution in [3.63, 3.8) is 0 Å². The van der Waals surface area contributed by atoms with Crippen LogP contribution < -0.4 is 5.32 Å². The Kier molecular flexibility index (Phi) is 3.90. The first-order valence-corrected chi connectivity index (χ1v) is 6.88. The lowest BCUT2D eigenvalue weighted by atomic mass is 10.1. The van der Waals surface area contributed by atoms with Gasteiger partial charge >= 0.3 is 0 Å². The summed E-state index contributed by atoms with van der Waals surface area (Å²) in [5, 5.41) is 3.37. The van der Waals surface area contributed by atoms with Crippen LogP contribution in [0.1, 0.15) is 37.8 Å². The zero-order valence-electron chi connectivity index (χ0n) is 11.9. The molecule has 0 bridgehead atoms.